The van der Waals surface area contributed by atoms with Crippen molar-refractivity contribution in [3.8, 4) is 0 Å². The largest absolute Gasteiger partial charge is 0.398 e. The number of halogens is 4. The quantitative estimate of drug-likeness (QED) is 0.633. The summed E-state index contributed by atoms with van der Waals surface area (Å²) in [6.45, 7) is 0.0157. The molecular formula is C19H18ClF3N2O4S. The van der Waals surface area contributed by atoms with Crippen LogP contribution in [-0.2, 0) is 22.3 Å². The van der Waals surface area contributed by atoms with Crippen molar-refractivity contribution in [1.82, 2.24) is 5.32 Å². The number of rotatable bonds is 6. The number of alkyl halides is 3. The van der Waals surface area contributed by atoms with Crippen molar-refractivity contribution in [2.75, 3.05) is 11.4 Å². The molecule has 1 saturated carbocycles. The van der Waals surface area contributed by atoms with Gasteiger partial charge in [0.2, 0.25) is 0 Å². The maximum Gasteiger partial charge on any atom is 0.398 e. The fourth-order valence-electron chi connectivity index (χ4n) is 3.09. The first-order valence-electron chi connectivity index (χ1n) is 8.80. The van der Waals surface area contributed by atoms with Crippen LogP contribution in [0.25, 0.3) is 0 Å². The fraction of sp³-hybridized carbons (Fsp3) is 0.316. The normalized spacial score (nSPS) is 15.5. The van der Waals surface area contributed by atoms with Crippen LogP contribution in [0, 0.1) is 0 Å². The van der Waals surface area contributed by atoms with Crippen LogP contribution in [0.4, 0.5) is 18.9 Å². The molecule has 0 aliphatic heterocycles. The van der Waals surface area contributed by atoms with Gasteiger partial charge in [-0.25, -0.2) is 0 Å². The van der Waals surface area contributed by atoms with E-state index < -0.39 is 27.8 Å². The molecule has 1 amide bonds. The number of nitrogens with zero attached hydrogens (tertiary/aromatic N) is 1. The van der Waals surface area contributed by atoms with Crippen LogP contribution in [0.2, 0.25) is 5.02 Å². The van der Waals surface area contributed by atoms with E-state index in [1.54, 1.807) is 0 Å². The van der Waals surface area contributed by atoms with Gasteiger partial charge in [0.05, 0.1) is 11.1 Å². The van der Waals surface area contributed by atoms with Gasteiger partial charge in [0, 0.05) is 24.2 Å². The lowest BCUT2D eigenvalue weighted by atomic mass is 9.94. The molecule has 0 radical (unpaired) electrons. The second-order valence-corrected chi connectivity index (χ2v) is 8.91. The molecule has 1 aliphatic rings. The number of amides is 1. The summed E-state index contributed by atoms with van der Waals surface area (Å²) in [5.74, 6) is -0.492. The van der Waals surface area contributed by atoms with Crippen molar-refractivity contribution >= 4 is 33.5 Å². The SMILES string of the molecule is CN(c1ccc(CNC(=O)c2ccc(C3(C(F)(F)F)CC3)cc2)c(Cl)c1)S(=O)(=O)O. The van der Waals surface area contributed by atoms with Gasteiger partial charge >= 0.3 is 16.5 Å². The third kappa shape index (κ3) is 4.40. The summed E-state index contributed by atoms with van der Waals surface area (Å²) in [6, 6.07) is 9.55. The molecule has 6 nitrogen and oxygen atoms in total. The van der Waals surface area contributed by atoms with Gasteiger partial charge < -0.3 is 5.32 Å². The van der Waals surface area contributed by atoms with Crippen molar-refractivity contribution in [3.05, 3.63) is 64.2 Å². The lowest BCUT2D eigenvalue weighted by molar-refractivity contribution is -0.160. The molecule has 2 aromatic carbocycles. The minimum absolute atomic E-state index is 0.0157. The Morgan fingerprint density at radius 2 is 1.80 bits per heavy atom. The molecule has 0 saturated heterocycles. The molecule has 0 aromatic heterocycles. The van der Waals surface area contributed by atoms with E-state index >= 15 is 0 Å². The van der Waals surface area contributed by atoms with E-state index in [4.69, 9.17) is 16.2 Å². The van der Waals surface area contributed by atoms with Gasteiger partial charge in [0.25, 0.3) is 5.91 Å². The first-order chi connectivity index (χ1) is 13.8. The van der Waals surface area contributed by atoms with E-state index in [9.17, 15) is 26.4 Å². The van der Waals surface area contributed by atoms with Gasteiger partial charge in [0.15, 0.2) is 0 Å². The first kappa shape index (κ1) is 22.4. The Balaban J connectivity index is 1.66. The van der Waals surface area contributed by atoms with Crippen LogP contribution in [-0.4, -0.2) is 32.1 Å². The van der Waals surface area contributed by atoms with Crippen molar-refractivity contribution in [1.29, 1.82) is 0 Å². The second-order valence-electron chi connectivity index (χ2n) is 7.06. The Hall–Kier alpha value is -2.30. The first-order valence-corrected chi connectivity index (χ1v) is 10.6. The zero-order valence-electron chi connectivity index (χ0n) is 15.7. The zero-order valence-corrected chi connectivity index (χ0v) is 17.3. The molecule has 2 N–H and O–H groups in total. The van der Waals surface area contributed by atoms with Gasteiger partial charge in [-0.2, -0.15) is 21.6 Å². The van der Waals surface area contributed by atoms with Gasteiger partial charge in [-0.05, 0) is 48.2 Å². The Bertz CT molecular complexity index is 1070. The number of nitrogens with one attached hydrogen (secondary N) is 1. The smallest absolute Gasteiger partial charge is 0.348 e. The maximum absolute atomic E-state index is 13.2. The molecule has 3 rings (SSSR count). The van der Waals surface area contributed by atoms with E-state index in [0.29, 0.717) is 9.87 Å². The molecule has 0 heterocycles. The Kier molecular flexibility index (Phi) is 5.78. The number of carbonyl (C=O) groups is 1. The third-order valence-electron chi connectivity index (χ3n) is 5.18. The van der Waals surface area contributed by atoms with Crippen molar-refractivity contribution in [3.63, 3.8) is 0 Å². The zero-order chi connectivity index (χ0) is 22.3. The fourth-order valence-corrected chi connectivity index (χ4v) is 3.71. The minimum atomic E-state index is -4.43. The lowest BCUT2D eigenvalue weighted by Gasteiger charge is -2.19. The standard InChI is InChI=1S/C19H18ClF3N2O4S/c1-25(30(27,28)29)15-7-4-13(16(20)10-15)11-24-17(26)12-2-5-14(6-3-12)18(8-9-18)19(21,22)23/h2-7,10H,8-9,11H2,1H3,(H,24,26)(H,27,28,29). The van der Waals surface area contributed by atoms with Crippen LogP contribution in [0.3, 0.4) is 0 Å². The van der Waals surface area contributed by atoms with E-state index in [2.05, 4.69) is 5.32 Å². The summed E-state index contributed by atoms with van der Waals surface area (Å²) in [6.07, 6.45) is -4.23. The number of benzene rings is 2. The Labute approximate surface area is 176 Å². The topological polar surface area (TPSA) is 86.7 Å². The van der Waals surface area contributed by atoms with Crippen LogP contribution < -0.4 is 9.62 Å². The molecule has 0 spiro atoms. The molecule has 0 unspecified atom stereocenters. The van der Waals surface area contributed by atoms with Crippen LogP contribution in [0.15, 0.2) is 42.5 Å². The highest BCUT2D eigenvalue weighted by Gasteiger charge is 2.64. The third-order valence-corrected chi connectivity index (χ3v) is 6.43. The van der Waals surface area contributed by atoms with Crippen LogP contribution >= 0.6 is 11.6 Å². The number of hydrogen-bond acceptors (Lipinski definition) is 3. The van der Waals surface area contributed by atoms with Gasteiger partial charge in [0.1, 0.15) is 0 Å². The highest BCUT2D eigenvalue weighted by atomic mass is 35.5. The molecule has 0 atom stereocenters. The van der Waals surface area contributed by atoms with E-state index in [1.807, 2.05) is 0 Å². The summed E-state index contributed by atoms with van der Waals surface area (Å²) in [5, 5.41) is 2.78. The highest BCUT2D eigenvalue weighted by molar-refractivity contribution is 7.87. The summed E-state index contributed by atoms with van der Waals surface area (Å²) in [5.41, 5.74) is -0.828. The van der Waals surface area contributed by atoms with E-state index in [0.717, 1.165) is 7.05 Å². The molecule has 2 aromatic rings. The molecule has 1 aliphatic carbocycles. The van der Waals surface area contributed by atoms with E-state index in [-0.39, 0.29) is 41.2 Å². The predicted octanol–water partition coefficient (Wildman–Crippen LogP) is 4.10. The maximum atomic E-state index is 13.2. The number of carbonyl (C=O) groups excluding carboxylic acids is 1. The summed E-state index contributed by atoms with van der Waals surface area (Å²) in [7, 11) is -3.28. The number of anilines is 1. The highest BCUT2D eigenvalue weighted by Crippen LogP contribution is 2.58. The van der Waals surface area contributed by atoms with Crippen molar-refractivity contribution < 1.29 is 30.9 Å². The average molecular weight is 463 g/mol. The second kappa shape index (κ2) is 7.75. The minimum Gasteiger partial charge on any atom is -0.348 e. The van der Waals surface area contributed by atoms with Crippen LogP contribution in [0.5, 0.6) is 0 Å². The molecule has 30 heavy (non-hydrogen) atoms. The van der Waals surface area contributed by atoms with E-state index in [1.165, 1.54) is 42.5 Å². The molecule has 162 valence electrons. The number of hydrogen-bond donors (Lipinski definition) is 2. The average Bonchev–Trinajstić information content (AvgIpc) is 3.47. The lowest BCUT2D eigenvalue weighted by Crippen LogP contribution is -2.29. The Morgan fingerprint density at radius 1 is 1.20 bits per heavy atom. The van der Waals surface area contributed by atoms with Gasteiger partial charge in [-0.15, -0.1) is 0 Å². The molecule has 1 fully saturated rings. The Morgan fingerprint density at radius 3 is 2.27 bits per heavy atom. The molecule has 11 heteroatoms. The van der Waals surface area contributed by atoms with Crippen molar-refractivity contribution in [2.24, 2.45) is 0 Å². The monoisotopic (exact) mass is 462 g/mol. The predicted molar refractivity (Wildman–Crippen MR) is 106 cm³/mol. The van der Waals surface area contributed by atoms with Crippen molar-refractivity contribution in [2.45, 2.75) is 31.0 Å². The summed E-state index contributed by atoms with van der Waals surface area (Å²) < 4.78 is 71.6. The van der Waals surface area contributed by atoms with Gasteiger partial charge in [-0.1, -0.05) is 29.8 Å². The summed E-state index contributed by atoms with van der Waals surface area (Å²) >= 11 is 6.11. The molecule has 0 bridgehead atoms. The van der Waals surface area contributed by atoms with Gasteiger partial charge in [-0.3, -0.25) is 13.7 Å². The summed E-state index contributed by atoms with van der Waals surface area (Å²) in [4.78, 5) is 12.3. The van der Waals surface area contributed by atoms with Crippen LogP contribution in [0.1, 0.15) is 34.3 Å². The molecular weight excluding hydrogens is 445 g/mol.